The lowest BCUT2D eigenvalue weighted by atomic mass is 10.1. The largest absolute Gasteiger partial charge is 0.331 e. The van der Waals surface area contributed by atoms with Crippen molar-refractivity contribution in [2.75, 3.05) is 0 Å². The molecule has 0 radical (unpaired) electrons. The summed E-state index contributed by atoms with van der Waals surface area (Å²) in [4.78, 5) is 14.5. The van der Waals surface area contributed by atoms with Gasteiger partial charge in [-0.25, -0.2) is 4.39 Å². The fraction of sp³-hybridized carbons (Fsp3) is 0.222. The number of hydrogen-bond acceptors (Lipinski definition) is 2. The van der Waals surface area contributed by atoms with Crippen LogP contribution < -0.4 is 0 Å². The number of nitrogens with zero attached hydrogens (tertiary/aromatic N) is 2. The van der Waals surface area contributed by atoms with Crippen LogP contribution in [0.3, 0.4) is 0 Å². The van der Waals surface area contributed by atoms with E-state index < -0.39 is 0 Å². The molecular weight excluding hydrogens is 279 g/mol. The number of carbonyl (C=O) groups is 1. The van der Waals surface area contributed by atoms with Gasteiger partial charge in [0.05, 0.1) is 11.6 Å². The molecule has 0 N–H and O–H groups in total. The molecule has 0 bridgehead atoms. The van der Waals surface area contributed by atoms with Crippen LogP contribution in [0.4, 0.5) is 4.39 Å². The van der Waals surface area contributed by atoms with E-state index in [9.17, 15) is 9.18 Å². The molecule has 0 spiro atoms. The van der Waals surface area contributed by atoms with E-state index in [-0.39, 0.29) is 17.8 Å². The second-order valence-electron chi connectivity index (χ2n) is 5.48. The third-order valence-corrected chi connectivity index (χ3v) is 3.75. The van der Waals surface area contributed by atoms with Gasteiger partial charge >= 0.3 is 0 Å². The molecule has 0 saturated heterocycles. The first-order chi connectivity index (χ1) is 10.7. The number of rotatable bonds is 4. The Hall–Kier alpha value is -2.67. The van der Waals surface area contributed by atoms with Gasteiger partial charge in [-0.15, -0.1) is 0 Å². The van der Waals surface area contributed by atoms with Gasteiger partial charge in [0.2, 0.25) is 0 Å². The van der Waals surface area contributed by atoms with Crippen molar-refractivity contribution < 1.29 is 9.18 Å². The smallest absolute Gasteiger partial charge is 0.254 e. The Balaban J connectivity index is 1.81. The van der Waals surface area contributed by atoms with E-state index in [0.29, 0.717) is 17.7 Å². The van der Waals surface area contributed by atoms with Gasteiger partial charge in [0.25, 0.3) is 5.91 Å². The summed E-state index contributed by atoms with van der Waals surface area (Å²) in [6.45, 7) is 0.404. The van der Waals surface area contributed by atoms with Gasteiger partial charge in [0.1, 0.15) is 5.82 Å². The van der Waals surface area contributed by atoms with Crippen molar-refractivity contribution >= 4 is 5.91 Å². The first kappa shape index (κ1) is 14.3. The number of halogens is 1. The zero-order valence-electron chi connectivity index (χ0n) is 12.0. The molecule has 1 aliphatic rings. The molecule has 2 aromatic carbocycles. The van der Waals surface area contributed by atoms with Crippen molar-refractivity contribution in [2.45, 2.75) is 25.4 Å². The van der Waals surface area contributed by atoms with Crippen LogP contribution in [0.2, 0.25) is 0 Å². The molecule has 1 saturated carbocycles. The minimum absolute atomic E-state index is 0.0729. The average molecular weight is 294 g/mol. The van der Waals surface area contributed by atoms with E-state index in [0.717, 1.165) is 18.4 Å². The highest BCUT2D eigenvalue weighted by Crippen LogP contribution is 2.30. The SMILES string of the molecule is N#Cc1ccc(C(=O)N(Cc2cccc(F)c2)C2CC2)cc1. The zero-order chi connectivity index (χ0) is 15.5. The molecule has 0 heterocycles. The second-order valence-corrected chi connectivity index (χ2v) is 5.48. The predicted molar refractivity (Wildman–Crippen MR) is 80.5 cm³/mol. The zero-order valence-corrected chi connectivity index (χ0v) is 12.0. The second kappa shape index (κ2) is 5.98. The molecule has 4 heteroatoms. The standard InChI is InChI=1S/C18H15FN2O/c19-16-3-1-2-14(10-16)12-21(17-8-9-17)18(22)15-6-4-13(11-20)5-7-15/h1-7,10,17H,8-9,12H2. The summed E-state index contributed by atoms with van der Waals surface area (Å²) in [5.74, 6) is -0.365. The lowest BCUT2D eigenvalue weighted by molar-refractivity contribution is 0.0729. The van der Waals surface area contributed by atoms with E-state index in [2.05, 4.69) is 0 Å². The third-order valence-electron chi connectivity index (χ3n) is 3.75. The summed E-state index contributed by atoms with van der Waals surface area (Å²) >= 11 is 0. The Kier molecular flexibility index (Phi) is 3.88. The Morgan fingerprint density at radius 3 is 2.55 bits per heavy atom. The normalized spacial score (nSPS) is 13.5. The van der Waals surface area contributed by atoms with Crippen molar-refractivity contribution in [2.24, 2.45) is 0 Å². The molecule has 1 amide bonds. The maximum atomic E-state index is 13.3. The Labute approximate surface area is 128 Å². The number of benzene rings is 2. The summed E-state index contributed by atoms with van der Waals surface area (Å²) < 4.78 is 13.3. The van der Waals surface area contributed by atoms with Crippen LogP contribution >= 0.6 is 0 Å². The molecular formula is C18H15FN2O. The quantitative estimate of drug-likeness (QED) is 0.866. The van der Waals surface area contributed by atoms with Gasteiger partial charge in [0, 0.05) is 18.2 Å². The number of carbonyl (C=O) groups excluding carboxylic acids is 1. The van der Waals surface area contributed by atoms with Crippen LogP contribution in [0.1, 0.15) is 34.3 Å². The van der Waals surface area contributed by atoms with Gasteiger partial charge in [0.15, 0.2) is 0 Å². The highest BCUT2D eigenvalue weighted by atomic mass is 19.1. The molecule has 3 rings (SSSR count). The van der Waals surface area contributed by atoms with Crippen LogP contribution in [0.25, 0.3) is 0 Å². The Morgan fingerprint density at radius 1 is 1.23 bits per heavy atom. The molecule has 110 valence electrons. The summed E-state index contributed by atoms with van der Waals surface area (Å²) in [6, 6.07) is 15.2. The van der Waals surface area contributed by atoms with Crippen LogP contribution in [0, 0.1) is 17.1 Å². The van der Waals surface area contributed by atoms with E-state index in [4.69, 9.17) is 5.26 Å². The fourth-order valence-electron chi connectivity index (χ4n) is 2.44. The minimum atomic E-state index is -0.293. The van der Waals surface area contributed by atoms with Gasteiger partial charge in [-0.3, -0.25) is 4.79 Å². The number of hydrogen-bond donors (Lipinski definition) is 0. The van der Waals surface area contributed by atoms with E-state index in [1.165, 1.54) is 12.1 Å². The summed E-state index contributed by atoms with van der Waals surface area (Å²) in [7, 11) is 0. The van der Waals surface area contributed by atoms with Crippen LogP contribution in [0.5, 0.6) is 0 Å². The van der Waals surface area contributed by atoms with Crippen molar-refractivity contribution in [3.63, 3.8) is 0 Å². The van der Waals surface area contributed by atoms with Gasteiger partial charge in [-0.1, -0.05) is 12.1 Å². The van der Waals surface area contributed by atoms with Crippen molar-refractivity contribution in [1.29, 1.82) is 5.26 Å². The van der Waals surface area contributed by atoms with E-state index >= 15 is 0 Å². The van der Waals surface area contributed by atoms with Gasteiger partial charge in [-0.05, 0) is 54.8 Å². The molecule has 0 unspecified atom stereocenters. The van der Waals surface area contributed by atoms with Crippen molar-refractivity contribution in [3.8, 4) is 6.07 Å². The lowest BCUT2D eigenvalue weighted by Gasteiger charge is -2.22. The van der Waals surface area contributed by atoms with Crippen LogP contribution in [-0.2, 0) is 6.54 Å². The number of amides is 1. The highest BCUT2D eigenvalue weighted by molar-refractivity contribution is 5.94. The summed E-state index contributed by atoms with van der Waals surface area (Å²) in [5, 5.41) is 8.81. The lowest BCUT2D eigenvalue weighted by Crippen LogP contribution is -2.32. The molecule has 3 nitrogen and oxygen atoms in total. The Morgan fingerprint density at radius 2 is 1.95 bits per heavy atom. The maximum Gasteiger partial charge on any atom is 0.254 e. The van der Waals surface area contributed by atoms with Crippen molar-refractivity contribution in [1.82, 2.24) is 4.90 Å². The molecule has 2 aromatic rings. The van der Waals surface area contributed by atoms with E-state index in [1.54, 1.807) is 35.2 Å². The number of nitriles is 1. The first-order valence-corrected chi connectivity index (χ1v) is 7.23. The average Bonchev–Trinajstić information content (AvgIpc) is 3.37. The first-order valence-electron chi connectivity index (χ1n) is 7.23. The topological polar surface area (TPSA) is 44.1 Å². The Bertz CT molecular complexity index is 729. The van der Waals surface area contributed by atoms with E-state index in [1.807, 2.05) is 12.1 Å². The maximum absolute atomic E-state index is 13.3. The fourth-order valence-corrected chi connectivity index (χ4v) is 2.44. The van der Waals surface area contributed by atoms with Crippen LogP contribution in [0.15, 0.2) is 48.5 Å². The molecule has 0 atom stereocenters. The molecule has 1 aliphatic carbocycles. The molecule has 0 aliphatic heterocycles. The summed E-state index contributed by atoms with van der Waals surface area (Å²) in [5.41, 5.74) is 1.87. The van der Waals surface area contributed by atoms with Crippen molar-refractivity contribution in [3.05, 3.63) is 71.0 Å². The predicted octanol–water partition coefficient (Wildman–Crippen LogP) is 3.50. The highest BCUT2D eigenvalue weighted by Gasteiger charge is 2.33. The third kappa shape index (κ3) is 3.15. The van der Waals surface area contributed by atoms with Gasteiger partial charge < -0.3 is 4.90 Å². The molecule has 0 aromatic heterocycles. The monoisotopic (exact) mass is 294 g/mol. The van der Waals surface area contributed by atoms with Gasteiger partial charge in [-0.2, -0.15) is 5.26 Å². The summed E-state index contributed by atoms with van der Waals surface area (Å²) in [6.07, 6.45) is 1.97. The minimum Gasteiger partial charge on any atom is -0.331 e. The van der Waals surface area contributed by atoms with Crippen LogP contribution in [-0.4, -0.2) is 16.8 Å². The molecule has 1 fully saturated rings. The molecule has 22 heavy (non-hydrogen) atoms.